The minimum Gasteiger partial charge on any atom is -0.341 e. The topological polar surface area (TPSA) is 40.7 Å². The molecule has 1 fully saturated rings. The monoisotopic (exact) mass is 309 g/mol. The Morgan fingerprint density at radius 1 is 1.44 bits per heavy atom. The van der Waals surface area contributed by atoms with Crippen LogP contribution in [0.3, 0.4) is 0 Å². The van der Waals surface area contributed by atoms with E-state index in [1.807, 2.05) is 0 Å². The molecule has 1 saturated carbocycles. The Balaban J connectivity index is 1.76. The van der Waals surface area contributed by atoms with Crippen LogP contribution in [0.2, 0.25) is 0 Å². The quantitative estimate of drug-likeness (QED) is 0.910. The third-order valence-corrected chi connectivity index (χ3v) is 3.60. The summed E-state index contributed by atoms with van der Waals surface area (Å²) in [4.78, 5) is 7.56. The van der Waals surface area contributed by atoms with Crippen molar-refractivity contribution in [3.05, 3.63) is 40.5 Å². The molecule has 0 aliphatic heterocycles. The van der Waals surface area contributed by atoms with E-state index in [1.54, 1.807) is 18.3 Å². The fourth-order valence-corrected chi connectivity index (χ4v) is 2.17. The maximum atomic E-state index is 13.2. The van der Waals surface area contributed by atoms with Crippen LogP contribution in [0.15, 0.2) is 28.9 Å². The summed E-state index contributed by atoms with van der Waals surface area (Å²) in [5.41, 5.74) is 1.83. The number of imidazole rings is 1. The molecule has 1 aromatic carbocycles. The molecule has 3 nitrogen and oxygen atoms in total. The molecule has 0 amide bonds. The van der Waals surface area contributed by atoms with Gasteiger partial charge in [0.15, 0.2) is 0 Å². The van der Waals surface area contributed by atoms with Gasteiger partial charge in [-0.1, -0.05) is 0 Å². The van der Waals surface area contributed by atoms with Gasteiger partial charge in [0, 0.05) is 11.6 Å². The molecule has 18 heavy (non-hydrogen) atoms. The molecule has 0 radical (unpaired) electrons. The lowest BCUT2D eigenvalue weighted by atomic mass is 10.2. The van der Waals surface area contributed by atoms with Gasteiger partial charge in [0.1, 0.15) is 11.6 Å². The summed E-state index contributed by atoms with van der Waals surface area (Å²) in [6.45, 7) is 0.757. The number of benzene rings is 1. The van der Waals surface area contributed by atoms with Gasteiger partial charge in [-0.15, -0.1) is 0 Å². The summed E-state index contributed by atoms with van der Waals surface area (Å²) in [5.74, 6) is 0.659. The number of hydrogen-bond acceptors (Lipinski definition) is 2. The minimum absolute atomic E-state index is 0.256. The Morgan fingerprint density at radius 3 is 3.00 bits per heavy atom. The van der Waals surface area contributed by atoms with E-state index in [0.717, 1.165) is 23.6 Å². The van der Waals surface area contributed by atoms with Gasteiger partial charge in [0.25, 0.3) is 0 Å². The number of H-pyrrole nitrogens is 1. The molecular formula is C13H13BrFN3. The predicted molar refractivity (Wildman–Crippen MR) is 71.5 cm³/mol. The molecule has 1 aromatic heterocycles. The van der Waals surface area contributed by atoms with E-state index in [-0.39, 0.29) is 5.82 Å². The molecule has 2 aromatic rings. The van der Waals surface area contributed by atoms with Crippen molar-refractivity contribution in [3.8, 4) is 11.3 Å². The molecule has 1 aliphatic carbocycles. The predicted octanol–water partition coefficient (Wildman–Crippen LogP) is 3.23. The lowest BCUT2D eigenvalue weighted by Gasteiger charge is -2.00. The Kier molecular flexibility index (Phi) is 3.18. The average molecular weight is 310 g/mol. The lowest BCUT2D eigenvalue weighted by molar-refractivity contribution is 0.621. The zero-order valence-electron chi connectivity index (χ0n) is 9.71. The van der Waals surface area contributed by atoms with Crippen LogP contribution < -0.4 is 5.32 Å². The Morgan fingerprint density at radius 2 is 2.28 bits per heavy atom. The van der Waals surface area contributed by atoms with Crippen LogP contribution in [0.5, 0.6) is 0 Å². The smallest absolute Gasteiger partial charge is 0.137 e. The first kappa shape index (κ1) is 11.9. The Bertz CT molecular complexity index is 563. The van der Waals surface area contributed by atoms with Crippen LogP contribution in [-0.2, 0) is 6.54 Å². The van der Waals surface area contributed by atoms with Crippen molar-refractivity contribution in [1.29, 1.82) is 0 Å². The van der Waals surface area contributed by atoms with Gasteiger partial charge >= 0.3 is 0 Å². The van der Waals surface area contributed by atoms with E-state index in [9.17, 15) is 4.39 Å². The summed E-state index contributed by atoms with van der Waals surface area (Å²) >= 11 is 3.19. The zero-order chi connectivity index (χ0) is 12.5. The molecule has 5 heteroatoms. The first-order valence-corrected chi connectivity index (χ1v) is 6.74. The number of halogens is 2. The number of rotatable bonds is 4. The van der Waals surface area contributed by atoms with Gasteiger partial charge in [-0.2, -0.15) is 0 Å². The van der Waals surface area contributed by atoms with Crippen LogP contribution in [0.4, 0.5) is 4.39 Å². The maximum absolute atomic E-state index is 13.2. The van der Waals surface area contributed by atoms with E-state index in [1.165, 1.54) is 18.9 Å². The number of nitrogens with zero attached hydrogens (tertiary/aromatic N) is 1. The van der Waals surface area contributed by atoms with E-state index < -0.39 is 0 Å². The van der Waals surface area contributed by atoms with E-state index >= 15 is 0 Å². The van der Waals surface area contributed by atoms with Gasteiger partial charge in [0.2, 0.25) is 0 Å². The molecule has 94 valence electrons. The number of aromatic nitrogens is 2. The molecule has 3 rings (SSSR count). The van der Waals surface area contributed by atoms with Crippen molar-refractivity contribution < 1.29 is 4.39 Å². The second kappa shape index (κ2) is 4.82. The average Bonchev–Trinajstić information content (AvgIpc) is 3.08. The molecular weight excluding hydrogens is 297 g/mol. The van der Waals surface area contributed by atoms with Crippen LogP contribution in [0.25, 0.3) is 11.3 Å². The third-order valence-electron chi connectivity index (χ3n) is 2.99. The first-order valence-electron chi connectivity index (χ1n) is 5.95. The van der Waals surface area contributed by atoms with Gasteiger partial charge in [-0.3, -0.25) is 0 Å². The molecule has 0 bridgehead atoms. The first-order chi connectivity index (χ1) is 8.72. The highest BCUT2D eigenvalue weighted by Gasteiger charge is 2.20. The number of hydrogen-bond donors (Lipinski definition) is 2. The van der Waals surface area contributed by atoms with Crippen molar-refractivity contribution in [2.75, 3.05) is 0 Å². The highest BCUT2D eigenvalue weighted by atomic mass is 79.9. The van der Waals surface area contributed by atoms with Gasteiger partial charge in [-0.25, -0.2) is 9.37 Å². The summed E-state index contributed by atoms with van der Waals surface area (Å²) in [5, 5.41) is 3.40. The van der Waals surface area contributed by atoms with Crippen molar-refractivity contribution >= 4 is 15.9 Å². The summed E-state index contributed by atoms with van der Waals surface area (Å²) < 4.78 is 13.6. The lowest BCUT2D eigenvalue weighted by Crippen LogP contribution is -2.16. The highest BCUT2D eigenvalue weighted by molar-refractivity contribution is 9.10. The Hall–Kier alpha value is -1.20. The van der Waals surface area contributed by atoms with Crippen LogP contribution >= 0.6 is 15.9 Å². The minimum atomic E-state index is -0.256. The second-order valence-corrected chi connectivity index (χ2v) is 5.38. The van der Waals surface area contributed by atoms with E-state index in [2.05, 4.69) is 31.2 Å². The van der Waals surface area contributed by atoms with E-state index in [0.29, 0.717) is 10.5 Å². The normalized spacial score (nSPS) is 15.0. The van der Waals surface area contributed by atoms with Crippen molar-refractivity contribution in [2.45, 2.75) is 25.4 Å². The number of aromatic amines is 1. The third kappa shape index (κ3) is 2.62. The largest absolute Gasteiger partial charge is 0.341 e. The maximum Gasteiger partial charge on any atom is 0.137 e. The van der Waals surface area contributed by atoms with E-state index in [4.69, 9.17) is 0 Å². The van der Waals surface area contributed by atoms with Crippen LogP contribution in [-0.4, -0.2) is 16.0 Å². The second-order valence-electron chi connectivity index (χ2n) is 4.53. The fourth-order valence-electron chi connectivity index (χ4n) is 1.79. The number of nitrogens with one attached hydrogen (secondary N) is 2. The van der Waals surface area contributed by atoms with Crippen molar-refractivity contribution in [1.82, 2.24) is 15.3 Å². The molecule has 2 N–H and O–H groups in total. The fraction of sp³-hybridized carbons (Fsp3) is 0.308. The van der Waals surface area contributed by atoms with Gasteiger partial charge in [-0.05, 0) is 47.0 Å². The molecule has 0 saturated heterocycles. The summed E-state index contributed by atoms with van der Waals surface area (Å²) in [6, 6.07) is 5.60. The highest BCUT2D eigenvalue weighted by Crippen LogP contribution is 2.24. The summed E-state index contributed by atoms with van der Waals surface area (Å²) in [7, 11) is 0. The van der Waals surface area contributed by atoms with Crippen molar-refractivity contribution in [3.63, 3.8) is 0 Å². The molecule has 0 atom stereocenters. The molecule has 1 heterocycles. The van der Waals surface area contributed by atoms with Gasteiger partial charge in [0.05, 0.1) is 22.9 Å². The SMILES string of the molecule is Fc1ccc(-c2cnc(CNC3CC3)[nH]2)cc1Br. The molecule has 0 unspecified atom stereocenters. The van der Waals surface area contributed by atoms with Crippen LogP contribution in [0, 0.1) is 5.82 Å². The molecule has 0 spiro atoms. The van der Waals surface area contributed by atoms with Crippen molar-refractivity contribution in [2.24, 2.45) is 0 Å². The molecule has 1 aliphatic rings. The van der Waals surface area contributed by atoms with Crippen LogP contribution in [0.1, 0.15) is 18.7 Å². The Labute approximate surface area is 113 Å². The van der Waals surface area contributed by atoms with Gasteiger partial charge < -0.3 is 10.3 Å². The standard InChI is InChI=1S/C13H13BrFN3/c14-10-5-8(1-4-11(10)15)12-6-17-13(18-12)7-16-9-2-3-9/h1,4-6,9,16H,2-3,7H2,(H,17,18). The zero-order valence-corrected chi connectivity index (χ0v) is 11.3. The summed E-state index contributed by atoms with van der Waals surface area (Å²) in [6.07, 6.45) is 4.31.